The maximum atomic E-state index is 10.5. The van der Waals surface area contributed by atoms with E-state index < -0.39 is 5.97 Å². The lowest BCUT2D eigenvalue weighted by atomic mass is 9.87. The van der Waals surface area contributed by atoms with E-state index in [0.717, 1.165) is 19.3 Å². The van der Waals surface area contributed by atoms with E-state index in [2.05, 4.69) is 39.8 Å². The minimum Gasteiger partial charge on any atom is -0.481 e. The highest BCUT2D eigenvalue weighted by atomic mass is 16.4. The number of unbranched alkanes of at least 4 members (excludes halogenated alkanes) is 1. The van der Waals surface area contributed by atoms with Gasteiger partial charge in [0.25, 0.3) is 0 Å². The Morgan fingerprint density at radius 2 is 1.72 bits per heavy atom. The lowest BCUT2D eigenvalue weighted by Gasteiger charge is -2.18. The second-order valence-electron chi connectivity index (χ2n) is 5.35. The largest absolute Gasteiger partial charge is 0.481 e. The second kappa shape index (κ2) is 6.58. The number of carbonyl (C=O) groups is 1. The van der Waals surface area contributed by atoms with Crippen LogP contribution in [0.25, 0.3) is 0 Å². The van der Waals surface area contributed by atoms with Crippen LogP contribution < -0.4 is 0 Å². The molecule has 1 rings (SSSR count). The predicted molar refractivity (Wildman–Crippen MR) is 75.2 cm³/mol. The molecule has 0 aliphatic rings. The third-order valence-corrected chi connectivity index (χ3v) is 3.51. The van der Waals surface area contributed by atoms with Gasteiger partial charge in [0.05, 0.1) is 0 Å². The number of rotatable bonds is 6. The molecule has 1 aromatic rings. The minimum absolute atomic E-state index is 0.290. The maximum absolute atomic E-state index is 10.5. The van der Waals surface area contributed by atoms with Crippen LogP contribution in [-0.4, -0.2) is 11.1 Å². The SMILES string of the molecule is Cc1cc(C)c(C(C)CCCCC(=O)O)c(C)c1. The molecule has 0 radical (unpaired) electrons. The molecule has 0 heterocycles. The van der Waals surface area contributed by atoms with Crippen LogP contribution in [0.2, 0.25) is 0 Å². The van der Waals surface area contributed by atoms with E-state index >= 15 is 0 Å². The molecule has 2 heteroatoms. The molecular weight excluding hydrogens is 224 g/mol. The molecule has 0 aliphatic carbocycles. The summed E-state index contributed by atoms with van der Waals surface area (Å²) in [6.45, 7) is 8.71. The van der Waals surface area contributed by atoms with E-state index in [1.54, 1.807) is 0 Å². The average molecular weight is 248 g/mol. The van der Waals surface area contributed by atoms with Gasteiger partial charge < -0.3 is 5.11 Å². The summed E-state index contributed by atoms with van der Waals surface area (Å²) >= 11 is 0. The van der Waals surface area contributed by atoms with Crippen molar-refractivity contribution in [2.24, 2.45) is 0 Å². The molecule has 0 spiro atoms. The van der Waals surface area contributed by atoms with Crippen molar-refractivity contribution in [1.82, 2.24) is 0 Å². The number of aliphatic carboxylic acids is 1. The molecule has 0 saturated carbocycles. The molecule has 1 N–H and O–H groups in total. The van der Waals surface area contributed by atoms with Crippen molar-refractivity contribution in [3.05, 3.63) is 34.4 Å². The zero-order valence-corrected chi connectivity index (χ0v) is 11.9. The van der Waals surface area contributed by atoms with E-state index in [9.17, 15) is 4.79 Å². The third kappa shape index (κ3) is 4.17. The highest BCUT2D eigenvalue weighted by Crippen LogP contribution is 2.28. The number of hydrogen-bond acceptors (Lipinski definition) is 1. The van der Waals surface area contributed by atoms with Gasteiger partial charge in [0.15, 0.2) is 0 Å². The van der Waals surface area contributed by atoms with E-state index in [0.29, 0.717) is 12.3 Å². The van der Waals surface area contributed by atoms with Crippen LogP contribution in [-0.2, 0) is 4.79 Å². The van der Waals surface area contributed by atoms with Crippen LogP contribution in [0.5, 0.6) is 0 Å². The van der Waals surface area contributed by atoms with Gasteiger partial charge in [-0.2, -0.15) is 0 Å². The smallest absolute Gasteiger partial charge is 0.303 e. The predicted octanol–water partition coefficient (Wildman–Crippen LogP) is 4.36. The summed E-state index contributed by atoms with van der Waals surface area (Å²) in [5.74, 6) is -0.176. The number of aryl methyl sites for hydroxylation is 3. The van der Waals surface area contributed by atoms with Crippen molar-refractivity contribution < 1.29 is 9.90 Å². The minimum atomic E-state index is -0.689. The Kier molecular flexibility index (Phi) is 5.39. The van der Waals surface area contributed by atoms with Gasteiger partial charge in [-0.15, -0.1) is 0 Å². The average Bonchev–Trinajstić information content (AvgIpc) is 2.22. The summed E-state index contributed by atoms with van der Waals surface area (Å²) in [6, 6.07) is 4.46. The van der Waals surface area contributed by atoms with Crippen LogP contribution in [0.1, 0.15) is 60.8 Å². The lowest BCUT2D eigenvalue weighted by Crippen LogP contribution is -2.02. The Balaban J connectivity index is 2.61. The van der Waals surface area contributed by atoms with Crippen molar-refractivity contribution >= 4 is 5.97 Å². The number of carboxylic acid groups (broad SMARTS) is 1. The molecule has 0 aromatic heterocycles. The van der Waals surface area contributed by atoms with Gasteiger partial charge in [0.1, 0.15) is 0 Å². The number of carboxylic acids is 1. The standard InChI is InChI=1S/C16H24O2/c1-11-9-13(3)16(14(4)10-11)12(2)7-5-6-8-15(17)18/h9-10,12H,5-8H2,1-4H3,(H,17,18). The van der Waals surface area contributed by atoms with Gasteiger partial charge >= 0.3 is 5.97 Å². The molecule has 0 saturated heterocycles. The first-order chi connectivity index (χ1) is 8.41. The first-order valence-electron chi connectivity index (χ1n) is 6.71. The Morgan fingerprint density at radius 3 is 2.22 bits per heavy atom. The summed E-state index contributed by atoms with van der Waals surface area (Å²) < 4.78 is 0. The summed E-state index contributed by atoms with van der Waals surface area (Å²) in [6.07, 6.45) is 3.13. The molecule has 1 unspecified atom stereocenters. The topological polar surface area (TPSA) is 37.3 Å². The van der Waals surface area contributed by atoms with Gasteiger partial charge in [-0.05, 0) is 56.2 Å². The quantitative estimate of drug-likeness (QED) is 0.759. The van der Waals surface area contributed by atoms with Gasteiger partial charge in [-0.1, -0.05) is 31.0 Å². The van der Waals surface area contributed by atoms with Gasteiger partial charge in [-0.25, -0.2) is 0 Å². The fourth-order valence-corrected chi connectivity index (χ4v) is 2.84. The molecule has 0 fully saturated rings. The Hall–Kier alpha value is -1.31. The monoisotopic (exact) mass is 248 g/mol. The van der Waals surface area contributed by atoms with Crippen molar-refractivity contribution in [2.75, 3.05) is 0 Å². The van der Waals surface area contributed by atoms with Crippen molar-refractivity contribution in [3.63, 3.8) is 0 Å². The van der Waals surface area contributed by atoms with E-state index in [4.69, 9.17) is 5.11 Å². The van der Waals surface area contributed by atoms with Crippen LogP contribution in [0.3, 0.4) is 0 Å². The fourth-order valence-electron chi connectivity index (χ4n) is 2.84. The number of hydrogen-bond donors (Lipinski definition) is 1. The van der Waals surface area contributed by atoms with Gasteiger partial charge in [0, 0.05) is 6.42 Å². The Labute approximate surface area is 110 Å². The van der Waals surface area contributed by atoms with Crippen LogP contribution in [0.4, 0.5) is 0 Å². The zero-order valence-electron chi connectivity index (χ0n) is 11.9. The summed E-state index contributed by atoms with van der Waals surface area (Å²) in [4.78, 5) is 10.5. The van der Waals surface area contributed by atoms with Crippen LogP contribution in [0, 0.1) is 20.8 Å². The maximum Gasteiger partial charge on any atom is 0.303 e. The summed E-state index contributed by atoms with van der Waals surface area (Å²) in [5.41, 5.74) is 5.47. The van der Waals surface area contributed by atoms with Crippen molar-refractivity contribution in [1.29, 1.82) is 0 Å². The van der Waals surface area contributed by atoms with Crippen molar-refractivity contribution in [3.8, 4) is 0 Å². The van der Waals surface area contributed by atoms with Crippen LogP contribution in [0.15, 0.2) is 12.1 Å². The van der Waals surface area contributed by atoms with E-state index in [-0.39, 0.29) is 0 Å². The highest BCUT2D eigenvalue weighted by molar-refractivity contribution is 5.66. The van der Waals surface area contributed by atoms with E-state index in [1.807, 2.05) is 0 Å². The van der Waals surface area contributed by atoms with Gasteiger partial charge in [-0.3, -0.25) is 4.79 Å². The molecule has 18 heavy (non-hydrogen) atoms. The molecule has 0 amide bonds. The molecule has 2 nitrogen and oxygen atoms in total. The highest BCUT2D eigenvalue weighted by Gasteiger charge is 2.12. The Morgan fingerprint density at radius 1 is 1.17 bits per heavy atom. The molecule has 0 bridgehead atoms. The van der Waals surface area contributed by atoms with Crippen molar-refractivity contribution in [2.45, 2.75) is 59.3 Å². The molecular formula is C16H24O2. The molecule has 1 aromatic carbocycles. The normalized spacial score (nSPS) is 12.4. The second-order valence-corrected chi connectivity index (χ2v) is 5.35. The third-order valence-electron chi connectivity index (χ3n) is 3.51. The van der Waals surface area contributed by atoms with E-state index in [1.165, 1.54) is 22.3 Å². The molecule has 0 aliphatic heterocycles. The van der Waals surface area contributed by atoms with Gasteiger partial charge in [0.2, 0.25) is 0 Å². The first kappa shape index (κ1) is 14.7. The molecule has 1 atom stereocenters. The molecule has 100 valence electrons. The summed E-state index contributed by atoms with van der Waals surface area (Å²) in [5, 5.41) is 8.61. The fraction of sp³-hybridized carbons (Fsp3) is 0.562. The van der Waals surface area contributed by atoms with Crippen LogP contribution >= 0.6 is 0 Å². The lowest BCUT2D eigenvalue weighted by molar-refractivity contribution is -0.137. The first-order valence-corrected chi connectivity index (χ1v) is 6.71. The summed E-state index contributed by atoms with van der Waals surface area (Å²) in [7, 11) is 0. The zero-order chi connectivity index (χ0) is 13.7. The number of benzene rings is 1. The Bertz CT molecular complexity index is 398.